The van der Waals surface area contributed by atoms with Crippen LogP contribution in [0.5, 0.6) is 0 Å². The van der Waals surface area contributed by atoms with Crippen molar-refractivity contribution in [2.24, 2.45) is 0 Å². The lowest BCUT2D eigenvalue weighted by Crippen LogP contribution is -1.93. The van der Waals surface area contributed by atoms with E-state index in [2.05, 4.69) is 25.6 Å². The van der Waals surface area contributed by atoms with Gasteiger partial charge in [-0.25, -0.2) is 0 Å². The first-order valence-corrected chi connectivity index (χ1v) is 3.57. The fourth-order valence-corrected chi connectivity index (χ4v) is 0.922. The molecule has 0 aliphatic carbocycles. The normalized spacial score (nSPS) is 10.0. The van der Waals surface area contributed by atoms with Crippen LogP contribution in [0.4, 0.5) is 0 Å². The maximum absolute atomic E-state index is 4.13. The molecule has 2 aromatic heterocycles. The monoisotopic (exact) mass is 161 g/mol. The Balaban J connectivity index is 2.15. The molecular formula is C7H7N5. The van der Waals surface area contributed by atoms with Gasteiger partial charge in [0.1, 0.15) is 0 Å². The standard InChI is InChI=1S/C7H7N5/c1-2-4-8-6(3-1)5-7-9-11-12-10-7/h1-4H,5H2,(H,9,10,11,12). The maximum Gasteiger partial charge on any atom is 0.180 e. The minimum Gasteiger partial charge on any atom is -0.261 e. The first kappa shape index (κ1) is 6.90. The van der Waals surface area contributed by atoms with Gasteiger partial charge >= 0.3 is 0 Å². The van der Waals surface area contributed by atoms with Crippen LogP contribution in [-0.4, -0.2) is 25.6 Å². The van der Waals surface area contributed by atoms with E-state index in [0.29, 0.717) is 12.2 Å². The number of nitrogens with zero attached hydrogens (tertiary/aromatic N) is 4. The van der Waals surface area contributed by atoms with E-state index >= 15 is 0 Å². The molecule has 1 N–H and O–H groups in total. The molecule has 0 aromatic carbocycles. The lowest BCUT2D eigenvalue weighted by molar-refractivity contribution is 0.881. The smallest absolute Gasteiger partial charge is 0.180 e. The van der Waals surface area contributed by atoms with Gasteiger partial charge in [-0.3, -0.25) is 4.98 Å². The number of rotatable bonds is 2. The molecule has 0 amide bonds. The van der Waals surface area contributed by atoms with Gasteiger partial charge in [-0.05, 0) is 12.1 Å². The van der Waals surface area contributed by atoms with E-state index in [0.717, 1.165) is 5.69 Å². The van der Waals surface area contributed by atoms with E-state index in [1.54, 1.807) is 6.20 Å². The van der Waals surface area contributed by atoms with Gasteiger partial charge in [0.2, 0.25) is 0 Å². The van der Waals surface area contributed by atoms with Crippen LogP contribution < -0.4 is 0 Å². The summed E-state index contributed by atoms with van der Waals surface area (Å²) in [5.41, 5.74) is 0.943. The van der Waals surface area contributed by atoms with Crippen LogP contribution >= 0.6 is 0 Å². The first-order valence-electron chi connectivity index (χ1n) is 3.57. The van der Waals surface area contributed by atoms with Gasteiger partial charge in [-0.15, -0.1) is 10.2 Å². The number of aromatic nitrogens is 5. The predicted molar refractivity (Wildman–Crippen MR) is 41.2 cm³/mol. The van der Waals surface area contributed by atoms with Crippen molar-refractivity contribution in [2.75, 3.05) is 0 Å². The molecule has 0 bridgehead atoms. The topological polar surface area (TPSA) is 67.3 Å². The fraction of sp³-hybridized carbons (Fsp3) is 0.143. The van der Waals surface area contributed by atoms with Crippen LogP contribution in [0, 0.1) is 0 Å². The van der Waals surface area contributed by atoms with Crippen molar-refractivity contribution >= 4 is 0 Å². The van der Waals surface area contributed by atoms with Gasteiger partial charge in [0.15, 0.2) is 5.82 Å². The second kappa shape index (κ2) is 3.08. The third-order valence-electron chi connectivity index (χ3n) is 1.45. The third kappa shape index (κ3) is 1.45. The molecule has 0 aliphatic heterocycles. The van der Waals surface area contributed by atoms with E-state index in [-0.39, 0.29) is 0 Å². The lowest BCUT2D eigenvalue weighted by atomic mass is 10.3. The fourth-order valence-electron chi connectivity index (χ4n) is 0.922. The summed E-state index contributed by atoms with van der Waals surface area (Å²) in [6, 6.07) is 5.73. The van der Waals surface area contributed by atoms with Crippen molar-refractivity contribution in [3.8, 4) is 0 Å². The summed E-state index contributed by atoms with van der Waals surface area (Å²) < 4.78 is 0. The largest absolute Gasteiger partial charge is 0.261 e. The van der Waals surface area contributed by atoms with Crippen molar-refractivity contribution in [3.05, 3.63) is 35.9 Å². The Morgan fingerprint density at radius 3 is 3.00 bits per heavy atom. The Kier molecular flexibility index (Phi) is 1.77. The summed E-state index contributed by atoms with van der Waals surface area (Å²) in [6.45, 7) is 0. The molecule has 0 unspecified atom stereocenters. The summed E-state index contributed by atoms with van der Waals surface area (Å²) in [5.74, 6) is 0.661. The lowest BCUT2D eigenvalue weighted by Gasteiger charge is -1.92. The molecule has 5 heteroatoms. The molecule has 0 spiro atoms. The number of tetrazole rings is 1. The first-order chi connectivity index (χ1) is 5.95. The molecule has 0 saturated carbocycles. The van der Waals surface area contributed by atoms with E-state index in [1.807, 2.05) is 18.2 Å². The average molecular weight is 161 g/mol. The van der Waals surface area contributed by atoms with Crippen molar-refractivity contribution < 1.29 is 0 Å². The Hall–Kier alpha value is -1.78. The highest BCUT2D eigenvalue weighted by Gasteiger charge is 1.99. The van der Waals surface area contributed by atoms with Crippen LogP contribution in [0.2, 0.25) is 0 Å². The minimum absolute atomic E-state index is 0.622. The van der Waals surface area contributed by atoms with Crippen molar-refractivity contribution in [1.82, 2.24) is 25.6 Å². The molecule has 0 radical (unpaired) electrons. The molecular weight excluding hydrogens is 154 g/mol. The van der Waals surface area contributed by atoms with E-state index < -0.39 is 0 Å². The molecule has 0 fully saturated rings. The van der Waals surface area contributed by atoms with Crippen molar-refractivity contribution in [3.63, 3.8) is 0 Å². The summed E-state index contributed by atoms with van der Waals surface area (Å²) in [4.78, 5) is 4.13. The number of aromatic amines is 1. The Morgan fingerprint density at radius 2 is 2.33 bits per heavy atom. The van der Waals surface area contributed by atoms with Gasteiger partial charge in [-0.1, -0.05) is 11.3 Å². The maximum atomic E-state index is 4.13. The quantitative estimate of drug-likeness (QED) is 0.682. The highest BCUT2D eigenvalue weighted by Crippen LogP contribution is 1.98. The van der Waals surface area contributed by atoms with E-state index in [1.165, 1.54) is 0 Å². The molecule has 12 heavy (non-hydrogen) atoms. The van der Waals surface area contributed by atoms with Gasteiger partial charge in [0, 0.05) is 11.9 Å². The number of nitrogens with one attached hydrogen (secondary N) is 1. The molecule has 0 saturated heterocycles. The Morgan fingerprint density at radius 1 is 1.33 bits per heavy atom. The zero-order chi connectivity index (χ0) is 8.23. The van der Waals surface area contributed by atoms with Crippen LogP contribution in [0.25, 0.3) is 0 Å². The van der Waals surface area contributed by atoms with Gasteiger partial charge in [0.05, 0.1) is 6.42 Å². The number of hydrogen-bond donors (Lipinski definition) is 1. The van der Waals surface area contributed by atoms with Gasteiger partial charge in [0.25, 0.3) is 0 Å². The van der Waals surface area contributed by atoms with Gasteiger partial charge in [-0.2, -0.15) is 5.21 Å². The number of H-pyrrole nitrogens is 1. The second-order valence-corrected chi connectivity index (χ2v) is 2.33. The zero-order valence-electron chi connectivity index (χ0n) is 6.31. The molecule has 2 heterocycles. The molecule has 60 valence electrons. The van der Waals surface area contributed by atoms with Crippen LogP contribution in [0.15, 0.2) is 24.4 Å². The molecule has 0 aliphatic rings. The Labute approximate surface area is 68.8 Å². The second-order valence-electron chi connectivity index (χ2n) is 2.33. The molecule has 5 nitrogen and oxygen atoms in total. The summed E-state index contributed by atoms with van der Waals surface area (Å²) in [6.07, 6.45) is 2.37. The van der Waals surface area contributed by atoms with Crippen LogP contribution in [0.3, 0.4) is 0 Å². The van der Waals surface area contributed by atoms with Crippen LogP contribution in [0.1, 0.15) is 11.5 Å². The summed E-state index contributed by atoms with van der Waals surface area (Å²) in [7, 11) is 0. The summed E-state index contributed by atoms with van der Waals surface area (Å²) >= 11 is 0. The van der Waals surface area contributed by atoms with Crippen molar-refractivity contribution in [1.29, 1.82) is 0 Å². The number of hydrogen-bond acceptors (Lipinski definition) is 4. The molecule has 2 rings (SSSR count). The number of pyridine rings is 1. The van der Waals surface area contributed by atoms with E-state index in [4.69, 9.17) is 0 Å². The predicted octanol–water partition coefficient (Wildman–Crippen LogP) is 0.185. The summed E-state index contributed by atoms with van der Waals surface area (Å²) in [5, 5.41) is 13.5. The SMILES string of the molecule is c1ccc(Cc2nn[nH]n2)nc1. The Bertz CT molecular complexity index is 328. The van der Waals surface area contributed by atoms with Crippen molar-refractivity contribution in [2.45, 2.75) is 6.42 Å². The van der Waals surface area contributed by atoms with Gasteiger partial charge < -0.3 is 0 Å². The zero-order valence-corrected chi connectivity index (χ0v) is 6.31. The highest BCUT2D eigenvalue weighted by molar-refractivity contribution is 5.08. The third-order valence-corrected chi connectivity index (χ3v) is 1.45. The molecule has 0 atom stereocenters. The van der Waals surface area contributed by atoms with E-state index in [9.17, 15) is 0 Å². The minimum atomic E-state index is 0.622. The highest BCUT2D eigenvalue weighted by atomic mass is 15.5. The van der Waals surface area contributed by atoms with Crippen LogP contribution in [-0.2, 0) is 6.42 Å². The average Bonchev–Trinajstić information content (AvgIpc) is 2.59. The molecule has 2 aromatic rings.